The van der Waals surface area contributed by atoms with Crippen LogP contribution in [0.1, 0.15) is 232 Å². The molecule has 9 nitrogen and oxygen atoms in total. The Bertz CT molecular complexity index is 1350. The molecule has 1 rings (SSSR count). The van der Waals surface area contributed by atoms with Gasteiger partial charge in [0, 0.05) is 6.42 Å². The fraction of sp³-hybridized carbons (Fsp3) is 0.750. The topological polar surface area (TPSA) is 149 Å². The summed E-state index contributed by atoms with van der Waals surface area (Å²) < 4.78 is 11.2. The number of ether oxygens (including phenoxy) is 2. The molecule has 0 spiro atoms. The molecule has 7 unspecified atom stereocenters. The molecule has 6 N–H and O–H groups in total. The molecule has 1 aliphatic rings. The van der Waals surface area contributed by atoms with E-state index >= 15 is 0 Å². The molecular formula is C60H105NO8. The van der Waals surface area contributed by atoms with E-state index in [4.69, 9.17) is 9.47 Å². The third kappa shape index (κ3) is 38.7. The average molecular weight is 968 g/mol. The number of hydrogen-bond donors (Lipinski definition) is 6. The van der Waals surface area contributed by atoms with Crippen molar-refractivity contribution in [1.82, 2.24) is 5.32 Å². The van der Waals surface area contributed by atoms with Crippen LogP contribution < -0.4 is 5.32 Å². The third-order valence-corrected chi connectivity index (χ3v) is 12.9. The van der Waals surface area contributed by atoms with Crippen molar-refractivity contribution in [3.63, 3.8) is 0 Å². The Morgan fingerprint density at radius 1 is 0.507 bits per heavy atom. The van der Waals surface area contributed by atoms with Crippen LogP contribution >= 0.6 is 0 Å². The molecule has 1 heterocycles. The lowest BCUT2D eigenvalue weighted by Crippen LogP contribution is -2.60. The Balaban J connectivity index is 2.13. The molecule has 1 amide bonds. The Morgan fingerprint density at radius 2 is 0.913 bits per heavy atom. The van der Waals surface area contributed by atoms with Crippen LogP contribution in [0.3, 0.4) is 0 Å². The number of rotatable bonds is 47. The smallest absolute Gasteiger partial charge is 0.220 e. The Labute approximate surface area is 422 Å². The maximum Gasteiger partial charge on any atom is 0.220 e. The second-order valence-electron chi connectivity index (χ2n) is 19.3. The van der Waals surface area contributed by atoms with E-state index in [9.17, 15) is 30.3 Å². The fourth-order valence-electron chi connectivity index (χ4n) is 8.47. The highest BCUT2D eigenvalue weighted by atomic mass is 16.7. The molecule has 0 bridgehead atoms. The zero-order valence-electron chi connectivity index (χ0n) is 44.0. The van der Waals surface area contributed by atoms with Crippen molar-refractivity contribution >= 4 is 5.91 Å². The number of unbranched alkanes of at least 4 members (excludes halogenated alkanes) is 25. The second-order valence-corrected chi connectivity index (χ2v) is 19.3. The van der Waals surface area contributed by atoms with Crippen molar-refractivity contribution in [2.75, 3.05) is 13.2 Å². The van der Waals surface area contributed by atoms with Gasteiger partial charge in [0.05, 0.1) is 25.4 Å². The van der Waals surface area contributed by atoms with E-state index in [1.165, 1.54) is 135 Å². The molecular weight excluding hydrogens is 863 g/mol. The molecule has 1 saturated heterocycles. The Hall–Kier alpha value is -2.63. The summed E-state index contributed by atoms with van der Waals surface area (Å²) in [5.41, 5.74) is 0. The van der Waals surface area contributed by atoms with Gasteiger partial charge in [-0.3, -0.25) is 4.79 Å². The van der Waals surface area contributed by atoms with Crippen molar-refractivity contribution in [2.24, 2.45) is 0 Å². The lowest BCUT2D eigenvalue weighted by Gasteiger charge is -2.40. The van der Waals surface area contributed by atoms with Gasteiger partial charge in [0.25, 0.3) is 0 Å². The monoisotopic (exact) mass is 968 g/mol. The minimum Gasteiger partial charge on any atom is -0.394 e. The van der Waals surface area contributed by atoms with Gasteiger partial charge in [-0.15, -0.1) is 0 Å². The summed E-state index contributed by atoms with van der Waals surface area (Å²) in [4.78, 5) is 13.0. The van der Waals surface area contributed by atoms with Crippen LogP contribution in [0.15, 0.2) is 85.1 Å². The predicted octanol–water partition coefficient (Wildman–Crippen LogP) is 13.8. The molecule has 0 aromatic carbocycles. The fourth-order valence-corrected chi connectivity index (χ4v) is 8.47. The zero-order chi connectivity index (χ0) is 50.1. The number of allylic oxidation sites excluding steroid dienone is 13. The van der Waals surface area contributed by atoms with Crippen molar-refractivity contribution in [3.05, 3.63) is 85.1 Å². The largest absolute Gasteiger partial charge is 0.394 e. The third-order valence-electron chi connectivity index (χ3n) is 12.9. The Morgan fingerprint density at radius 3 is 1.39 bits per heavy atom. The van der Waals surface area contributed by atoms with E-state index in [0.717, 1.165) is 77.0 Å². The molecule has 7 atom stereocenters. The van der Waals surface area contributed by atoms with Gasteiger partial charge < -0.3 is 40.3 Å². The van der Waals surface area contributed by atoms with Crippen LogP contribution in [-0.4, -0.2) is 87.5 Å². The summed E-state index contributed by atoms with van der Waals surface area (Å²) in [6.45, 7) is 3.61. The highest BCUT2D eigenvalue weighted by Gasteiger charge is 2.44. The summed E-state index contributed by atoms with van der Waals surface area (Å²) in [5, 5.41) is 54.3. The van der Waals surface area contributed by atoms with Gasteiger partial charge in [0.1, 0.15) is 24.4 Å². The first-order valence-electron chi connectivity index (χ1n) is 28.3. The minimum atomic E-state index is -1.58. The van der Waals surface area contributed by atoms with Crippen molar-refractivity contribution in [1.29, 1.82) is 0 Å². The molecule has 69 heavy (non-hydrogen) atoms. The molecule has 9 heteroatoms. The molecule has 0 aliphatic carbocycles. The van der Waals surface area contributed by atoms with E-state index in [-0.39, 0.29) is 12.5 Å². The maximum absolute atomic E-state index is 13.0. The number of nitrogens with one attached hydrogen (secondary N) is 1. The summed E-state index contributed by atoms with van der Waals surface area (Å²) in [7, 11) is 0. The quantitative estimate of drug-likeness (QED) is 0.0261. The van der Waals surface area contributed by atoms with Crippen molar-refractivity contribution < 1.29 is 39.8 Å². The van der Waals surface area contributed by atoms with E-state index in [0.29, 0.717) is 6.42 Å². The molecule has 1 aliphatic heterocycles. The molecule has 0 radical (unpaired) electrons. The predicted molar refractivity (Wildman–Crippen MR) is 290 cm³/mol. The summed E-state index contributed by atoms with van der Waals surface area (Å²) in [6.07, 6.45) is 62.4. The number of amides is 1. The summed E-state index contributed by atoms with van der Waals surface area (Å²) in [5.74, 6) is -0.192. The second kappa shape index (κ2) is 49.0. The number of aliphatic hydroxyl groups is 5. The van der Waals surface area contributed by atoms with Crippen LogP contribution in [0.2, 0.25) is 0 Å². The van der Waals surface area contributed by atoms with Gasteiger partial charge in [-0.25, -0.2) is 0 Å². The number of hydrogen-bond acceptors (Lipinski definition) is 8. The van der Waals surface area contributed by atoms with Crippen LogP contribution in [0.25, 0.3) is 0 Å². The van der Waals surface area contributed by atoms with Crippen LogP contribution in [-0.2, 0) is 14.3 Å². The maximum atomic E-state index is 13.0. The van der Waals surface area contributed by atoms with Gasteiger partial charge in [0.2, 0.25) is 5.91 Å². The highest BCUT2D eigenvalue weighted by Crippen LogP contribution is 2.23. The number of carbonyl (C=O) groups excluding carboxylic acids is 1. The van der Waals surface area contributed by atoms with Gasteiger partial charge >= 0.3 is 0 Å². The van der Waals surface area contributed by atoms with E-state index in [2.05, 4.69) is 92.1 Å². The zero-order valence-corrected chi connectivity index (χ0v) is 44.0. The minimum absolute atomic E-state index is 0.192. The first kappa shape index (κ1) is 64.4. The standard InChI is InChI=1S/C60H105NO8/c1-3-5-7-9-11-13-15-17-18-19-20-21-22-23-24-25-26-27-28-29-30-31-32-33-34-35-36-38-40-42-44-46-48-50-56(64)61-53(52-68-60-59(67)58(66)57(65)55(51-62)69-60)54(63)49-47-45-43-41-39-37-16-14-12-10-8-6-4-2/h5,7,11-14,17-18,20-21,39,41,47,49,53-55,57-60,62-63,65-67H,3-4,6,8-10,15-16,19,22-38,40,42-46,48,50-52H2,1-2H3,(H,61,64)/b7-5-,13-11-,14-12+,18-17-,21-20-,41-39+,49-47+. The van der Waals surface area contributed by atoms with Crippen LogP contribution in [0.5, 0.6) is 0 Å². The molecule has 0 aromatic rings. The first-order chi connectivity index (χ1) is 33.8. The van der Waals surface area contributed by atoms with Crippen LogP contribution in [0.4, 0.5) is 0 Å². The average Bonchev–Trinajstić information content (AvgIpc) is 3.35. The lowest BCUT2D eigenvalue weighted by atomic mass is 9.99. The van der Waals surface area contributed by atoms with E-state index in [1.54, 1.807) is 6.08 Å². The van der Waals surface area contributed by atoms with Gasteiger partial charge in [-0.2, -0.15) is 0 Å². The Kier molecular flexibility index (Phi) is 45.7. The molecule has 398 valence electrons. The van der Waals surface area contributed by atoms with Gasteiger partial charge in [0.15, 0.2) is 6.29 Å². The van der Waals surface area contributed by atoms with Crippen molar-refractivity contribution in [3.8, 4) is 0 Å². The van der Waals surface area contributed by atoms with Gasteiger partial charge in [-0.1, -0.05) is 227 Å². The van der Waals surface area contributed by atoms with E-state index in [1.807, 2.05) is 6.08 Å². The SMILES string of the molecule is CC/C=C\C/C=C\C/C=C\C/C=C\CCCCCCCCCCCCCCCCCCCCCCC(=O)NC(COC1OC(CO)C(O)C(O)C1O)C(O)/C=C/CC/C=C/CC/C=C/CCCCC. The van der Waals surface area contributed by atoms with E-state index < -0.39 is 49.5 Å². The van der Waals surface area contributed by atoms with Crippen LogP contribution in [0, 0.1) is 0 Å². The summed E-state index contributed by atoms with van der Waals surface area (Å²) >= 11 is 0. The lowest BCUT2D eigenvalue weighted by molar-refractivity contribution is -0.302. The highest BCUT2D eigenvalue weighted by molar-refractivity contribution is 5.76. The van der Waals surface area contributed by atoms with Crippen molar-refractivity contribution in [2.45, 2.75) is 275 Å². The number of carbonyl (C=O) groups is 1. The molecule has 0 aromatic heterocycles. The molecule has 0 saturated carbocycles. The number of aliphatic hydroxyl groups excluding tert-OH is 5. The first-order valence-corrected chi connectivity index (χ1v) is 28.3. The summed E-state index contributed by atoms with van der Waals surface area (Å²) in [6, 6.07) is -0.829. The van der Waals surface area contributed by atoms with Gasteiger partial charge in [-0.05, 0) is 83.5 Å². The molecule has 1 fully saturated rings. The normalized spacial score (nSPS) is 20.1.